The molecule has 3 atom stereocenters. The van der Waals surface area contributed by atoms with Crippen molar-refractivity contribution in [2.75, 3.05) is 6.54 Å². The Kier molecular flexibility index (Phi) is 2.83. The SMILES string of the molecule is C#CC1CC(=O)N([C@@H]2C(=O)N(S(=O)(=O)O)[C@H]2C)C1. The van der Waals surface area contributed by atoms with Crippen LogP contribution in [-0.4, -0.2) is 52.6 Å². The number of hydrogen-bond acceptors (Lipinski definition) is 4. The quantitative estimate of drug-likeness (QED) is 0.390. The molecule has 18 heavy (non-hydrogen) atoms. The van der Waals surface area contributed by atoms with Gasteiger partial charge in [-0.25, -0.2) is 4.31 Å². The van der Waals surface area contributed by atoms with E-state index in [4.69, 9.17) is 11.0 Å². The van der Waals surface area contributed by atoms with Crippen LogP contribution in [0.25, 0.3) is 0 Å². The van der Waals surface area contributed by atoms with Crippen LogP contribution in [0.5, 0.6) is 0 Å². The van der Waals surface area contributed by atoms with Crippen molar-refractivity contribution in [3.8, 4) is 12.3 Å². The summed E-state index contributed by atoms with van der Waals surface area (Å²) in [6, 6.07) is -1.62. The molecule has 0 aromatic heterocycles. The fraction of sp³-hybridized carbons (Fsp3) is 0.600. The molecule has 2 saturated heterocycles. The van der Waals surface area contributed by atoms with Crippen molar-refractivity contribution in [1.29, 1.82) is 0 Å². The first kappa shape index (κ1) is 12.9. The molecule has 2 heterocycles. The molecule has 2 rings (SSSR count). The number of rotatable bonds is 2. The lowest BCUT2D eigenvalue weighted by atomic mass is 9.99. The molecule has 98 valence electrons. The van der Waals surface area contributed by atoms with Gasteiger partial charge in [0.2, 0.25) is 5.91 Å². The molecule has 0 bridgehead atoms. The van der Waals surface area contributed by atoms with Crippen LogP contribution < -0.4 is 0 Å². The highest BCUT2D eigenvalue weighted by Crippen LogP contribution is 2.31. The van der Waals surface area contributed by atoms with Gasteiger partial charge in [-0.05, 0) is 6.92 Å². The number of amides is 2. The number of hydrogen-bond donors (Lipinski definition) is 1. The molecular weight excluding hydrogens is 260 g/mol. The van der Waals surface area contributed by atoms with Crippen molar-refractivity contribution < 1.29 is 22.6 Å². The molecule has 0 radical (unpaired) electrons. The normalized spacial score (nSPS) is 32.4. The average molecular weight is 272 g/mol. The Hall–Kier alpha value is -1.59. The van der Waals surface area contributed by atoms with E-state index in [2.05, 4.69) is 5.92 Å². The second-order valence-electron chi connectivity index (χ2n) is 4.41. The third-order valence-electron chi connectivity index (χ3n) is 3.28. The number of carbonyl (C=O) groups is 2. The number of β-lactam (4-membered cyclic amide) rings is 1. The smallest absolute Gasteiger partial charge is 0.327 e. The molecule has 8 heteroatoms. The van der Waals surface area contributed by atoms with Gasteiger partial charge in [-0.15, -0.1) is 12.3 Å². The molecule has 2 aliphatic rings. The van der Waals surface area contributed by atoms with Crippen LogP contribution in [0.1, 0.15) is 13.3 Å². The molecule has 2 fully saturated rings. The molecule has 1 N–H and O–H groups in total. The summed E-state index contributed by atoms with van der Waals surface area (Å²) in [6.07, 6.45) is 5.39. The summed E-state index contributed by atoms with van der Waals surface area (Å²) in [7, 11) is -4.56. The highest BCUT2D eigenvalue weighted by molar-refractivity contribution is 7.84. The molecule has 2 aliphatic heterocycles. The molecule has 0 spiro atoms. The summed E-state index contributed by atoms with van der Waals surface area (Å²) in [4.78, 5) is 24.7. The van der Waals surface area contributed by atoms with E-state index in [-0.39, 0.29) is 24.8 Å². The minimum atomic E-state index is -4.56. The van der Waals surface area contributed by atoms with Crippen LogP contribution >= 0.6 is 0 Å². The number of nitrogens with zero attached hydrogens (tertiary/aromatic N) is 2. The largest absolute Gasteiger partial charge is 0.362 e. The fourth-order valence-corrected chi connectivity index (χ4v) is 3.28. The van der Waals surface area contributed by atoms with Crippen molar-refractivity contribution in [2.24, 2.45) is 5.92 Å². The number of likely N-dealkylation sites (tertiary alicyclic amines) is 1. The molecular formula is C10H12N2O5S. The molecule has 0 aliphatic carbocycles. The third-order valence-corrected chi connectivity index (χ3v) is 4.29. The van der Waals surface area contributed by atoms with Crippen LogP contribution in [0, 0.1) is 18.3 Å². The topological polar surface area (TPSA) is 95.0 Å². The lowest BCUT2D eigenvalue weighted by Gasteiger charge is -2.46. The molecule has 1 unspecified atom stereocenters. The van der Waals surface area contributed by atoms with Gasteiger partial charge in [0.05, 0.1) is 6.04 Å². The molecule has 7 nitrogen and oxygen atoms in total. The summed E-state index contributed by atoms with van der Waals surface area (Å²) >= 11 is 0. The van der Waals surface area contributed by atoms with Crippen LogP contribution in [-0.2, 0) is 19.9 Å². The maximum Gasteiger partial charge on any atom is 0.362 e. The van der Waals surface area contributed by atoms with Gasteiger partial charge in [0.25, 0.3) is 5.91 Å². The highest BCUT2D eigenvalue weighted by atomic mass is 32.2. The summed E-state index contributed by atoms with van der Waals surface area (Å²) in [5.74, 6) is 1.13. The monoisotopic (exact) mass is 272 g/mol. The van der Waals surface area contributed by atoms with E-state index in [9.17, 15) is 18.0 Å². The molecule has 0 aromatic carbocycles. The Balaban J connectivity index is 2.17. The second-order valence-corrected chi connectivity index (χ2v) is 5.70. The lowest BCUT2D eigenvalue weighted by Crippen LogP contribution is -2.70. The standard InChI is InChI=1S/C10H12N2O5S/c1-3-7-4-8(13)11(5-7)9-6(2)12(10(9)14)18(15,16)17/h1,6-7,9H,4-5H2,2H3,(H,15,16,17)/t6-,7?,9-/m0/s1. The van der Waals surface area contributed by atoms with Crippen LogP contribution in [0.4, 0.5) is 0 Å². The Labute approximate surface area is 105 Å². The first-order valence-corrected chi connectivity index (χ1v) is 6.73. The number of terminal acetylenes is 1. The molecule has 0 aromatic rings. The lowest BCUT2D eigenvalue weighted by molar-refractivity contribution is -0.154. The van der Waals surface area contributed by atoms with E-state index in [1.807, 2.05) is 0 Å². The van der Waals surface area contributed by atoms with Crippen molar-refractivity contribution in [2.45, 2.75) is 25.4 Å². The summed E-state index contributed by atoms with van der Waals surface area (Å²) in [5, 5.41) is 0. The van der Waals surface area contributed by atoms with E-state index in [1.54, 1.807) is 0 Å². The van der Waals surface area contributed by atoms with E-state index in [1.165, 1.54) is 11.8 Å². The van der Waals surface area contributed by atoms with E-state index >= 15 is 0 Å². The van der Waals surface area contributed by atoms with Gasteiger partial charge in [-0.1, -0.05) is 0 Å². The van der Waals surface area contributed by atoms with E-state index in [0.29, 0.717) is 4.31 Å². The van der Waals surface area contributed by atoms with Crippen molar-refractivity contribution in [3.05, 3.63) is 0 Å². The van der Waals surface area contributed by atoms with Gasteiger partial charge >= 0.3 is 10.3 Å². The molecule has 0 saturated carbocycles. The summed E-state index contributed by atoms with van der Waals surface area (Å²) < 4.78 is 31.1. The minimum absolute atomic E-state index is 0.166. The zero-order valence-corrected chi connectivity index (χ0v) is 10.4. The fourth-order valence-electron chi connectivity index (χ4n) is 2.41. The number of carbonyl (C=O) groups excluding carboxylic acids is 2. The maximum absolute atomic E-state index is 11.7. The van der Waals surface area contributed by atoms with Gasteiger partial charge < -0.3 is 4.90 Å². The predicted molar refractivity (Wildman–Crippen MR) is 60.3 cm³/mol. The van der Waals surface area contributed by atoms with Crippen LogP contribution in [0.3, 0.4) is 0 Å². The van der Waals surface area contributed by atoms with E-state index < -0.39 is 28.3 Å². The Morgan fingerprint density at radius 3 is 2.44 bits per heavy atom. The van der Waals surface area contributed by atoms with Gasteiger partial charge in [-0.2, -0.15) is 8.42 Å². The van der Waals surface area contributed by atoms with Crippen molar-refractivity contribution in [1.82, 2.24) is 9.21 Å². The van der Waals surface area contributed by atoms with Gasteiger partial charge in [0, 0.05) is 18.9 Å². The predicted octanol–water partition coefficient (Wildman–Crippen LogP) is -1.13. The zero-order valence-electron chi connectivity index (χ0n) is 9.61. The Morgan fingerprint density at radius 2 is 2.06 bits per heavy atom. The second kappa shape index (κ2) is 3.96. The first-order valence-electron chi connectivity index (χ1n) is 5.33. The third kappa shape index (κ3) is 1.76. The maximum atomic E-state index is 11.7. The summed E-state index contributed by atoms with van der Waals surface area (Å²) in [6.45, 7) is 1.70. The van der Waals surface area contributed by atoms with Gasteiger partial charge in [-0.3, -0.25) is 14.1 Å². The van der Waals surface area contributed by atoms with E-state index in [0.717, 1.165) is 0 Å². The molecule has 2 amide bonds. The zero-order chi connectivity index (χ0) is 13.7. The average Bonchev–Trinajstić information content (AvgIpc) is 2.58. The highest BCUT2D eigenvalue weighted by Gasteiger charge is 2.55. The Morgan fingerprint density at radius 1 is 1.44 bits per heavy atom. The summed E-state index contributed by atoms with van der Waals surface area (Å²) in [5.41, 5.74) is 0. The van der Waals surface area contributed by atoms with Crippen molar-refractivity contribution in [3.63, 3.8) is 0 Å². The van der Waals surface area contributed by atoms with Crippen LogP contribution in [0.2, 0.25) is 0 Å². The Bertz CT molecular complexity index is 549. The van der Waals surface area contributed by atoms with Crippen molar-refractivity contribution >= 4 is 22.1 Å². The van der Waals surface area contributed by atoms with Gasteiger partial charge in [0.1, 0.15) is 6.04 Å². The van der Waals surface area contributed by atoms with Crippen LogP contribution in [0.15, 0.2) is 0 Å². The minimum Gasteiger partial charge on any atom is -0.327 e. The van der Waals surface area contributed by atoms with Gasteiger partial charge in [0.15, 0.2) is 0 Å². The first-order chi connectivity index (χ1) is 8.27.